The summed E-state index contributed by atoms with van der Waals surface area (Å²) in [6.45, 7) is 3.08. The van der Waals surface area contributed by atoms with Gasteiger partial charge in [-0.3, -0.25) is 15.1 Å². The molecule has 0 aliphatic heterocycles. The highest BCUT2D eigenvalue weighted by Gasteiger charge is 2.14. The average Bonchev–Trinajstić information content (AvgIpc) is 2.59. The van der Waals surface area contributed by atoms with Crippen LogP contribution in [0.15, 0.2) is 10.5 Å². The van der Waals surface area contributed by atoms with Crippen molar-refractivity contribution in [2.75, 3.05) is 20.2 Å². The monoisotopic (exact) mass is 227 g/mol. The lowest BCUT2D eigenvalue weighted by molar-refractivity contribution is 0.0924. The maximum Gasteiger partial charge on any atom is 0.300 e. The van der Waals surface area contributed by atoms with Crippen LogP contribution in [0.3, 0.4) is 0 Å². The normalized spacial score (nSPS) is 10.8. The van der Waals surface area contributed by atoms with Crippen LogP contribution < -0.4 is 11.3 Å². The third-order valence-corrected chi connectivity index (χ3v) is 2.30. The zero-order valence-corrected chi connectivity index (χ0v) is 9.49. The van der Waals surface area contributed by atoms with Crippen LogP contribution in [0.5, 0.6) is 0 Å². The van der Waals surface area contributed by atoms with Crippen molar-refractivity contribution in [3.63, 3.8) is 0 Å². The number of nitrogen functional groups attached to an aromatic ring is 1. The van der Waals surface area contributed by atoms with E-state index in [9.17, 15) is 4.79 Å². The molecule has 0 unspecified atom stereocenters. The molecule has 1 aromatic heterocycles. The van der Waals surface area contributed by atoms with E-state index in [4.69, 9.17) is 15.4 Å². The fraction of sp³-hybridized carbons (Fsp3) is 0.500. The van der Waals surface area contributed by atoms with E-state index in [-0.39, 0.29) is 12.4 Å². The molecule has 1 heterocycles. The Kier molecular flexibility index (Phi) is 4.48. The van der Waals surface area contributed by atoms with Crippen LogP contribution in [0.4, 0.5) is 0 Å². The third kappa shape index (κ3) is 3.06. The number of rotatable bonds is 5. The maximum absolute atomic E-state index is 11.2. The van der Waals surface area contributed by atoms with Gasteiger partial charge < -0.3 is 9.52 Å². The SMILES string of the molecule is Cc1oc(C(=O)NN)cc1CN(C)CCO. The van der Waals surface area contributed by atoms with E-state index >= 15 is 0 Å². The second-order valence-corrected chi connectivity index (χ2v) is 3.63. The Labute approximate surface area is 94.0 Å². The van der Waals surface area contributed by atoms with Crippen molar-refractivity contribution in [3.05, 3.63) is 23.2 Å². The highest BCUT2D eigenvalue weighted by atomic mass is 16.4. The second kappa shape index (κ2) is 5.64. The summed E-state index contributed by atoms with van der Waals surface area (Å²) in [6, 6.07) is 1.66. The number of nitrogens with one attached hydrogen (secondary N) is 1. The molecule has 0 aliphatic carbocycles. The standard InChI is InChI=1S/C10H17N3O3/c1-7-8(6-13(2)3-4-14)5-9(16-7)10(15)12-11/h5,14H,3-4,6,11H2,1-2H3,(H,12,15). The molecule has 0 bridgehead atoms. The fourth-order valence-electron chi connectivity index (χ4n) is 1.40. The molecule has 0 radical (unpaired) electrons. The van der Waals surface area contributed by atoms with Crippen LogP contribution in [0, 0.1) is 6.92 Å². The molecular weight excluding hydrogens is 210 g/mol. The Hall–Kier alpha value is -1.37. The first-order valence-corrected chi connectivity index (χ1v) is 4.98. The molecule has 1 rings (SSSR count). The molecule has 0 atom stereocenters. The van der Waals surface area contributed by atoms with Crippen molar-refractivity contribution < 1.29 is 14.3 Å². The molecular formula is C10H17N3O3. The molecule has 0 aromatic carbocycles. The smallest absolute Gasteiger partial charge is 0.300 e. The number of carbonyl (C=O) groups excluding carboxylic acids is 1. The first-order chi connectivity index (χ1) is 7.58. The molecule has 4 N–H and O–H groups in total. The Morgan fingerprint density at radius 3 is 2.94 bits per heavy atom. The quantitative estimate of drug-likeness (QED) is 0.362. The van der Waals surface area contributed by atoms with Gasteiger partial charge in [0, 0.05) is 18.7 Å². The van der Waals surface area contributed by atoms with Crippen LogP contribution >= 0.6 is 0 Å². The van der Waals surface area contributed by atoms with Gasteiger partial charge in [-0.15, -0.1) is 0 Å². The number of aryl methyl sites for hydroxylation is 1. The molecule has 6 nitrogen and oxygen atoms in total. The summed E-state index contributed by atoms with van der Waals surface area (Å²) in [5, 5.41) is 8.77. The third-order valence-electron chi connectivity index (χ3n) is 2.30. The zero-order valence-electron chi connectivity index (χ0n) is 9.49. The number of aliphatic hydroxyl groups is 1. The zero-order chi connectivity index (χ0) is 12.1. The Balaban J connectivity index is 2.74. The van der Waals surface area contributed by atoms with Crippen LogP contribution in [0.1, 0.15) is 21.9 Å². The van der Waals surface area contributed by atoms with Crippen molar-refractivity contribution in [1.82, 2.24) is 10.3 Å². The van der Waals surface area contributed by atoms with Crippen LogP contribution in [-0.2, 0) is 6.54 Å². The molecule has 6 heteroatoms. The van der Waals surface area contributed by atoms with Crippen molar-refractivity contribution in [2.45, 2.75) is 13.5 Å². The van der Waals surface area contributed by atoms with Gasteiger partial charge in [-0.25, -0.2) is 5.84 Å². The van der Waals surface area contributed by atoms with Crippen LogP contribution in [-0.4, -0.2) is 36.1 Å². The van der Waals surface area contributed by atoms with Crippen molar-refractivity contribution >= 4 is 5.91 Å². The minimum Gasteiger partial charge on any atom is -0.456 e. The highest BCUT2D eigenvalue weighted by Crippen LogP contribution is 2.15. The number of nitrogens with zero attached hydrogens (tertiary/aromatic N) is 1. The Bertz CT molecular complexity index is 362. The van der Waals surface area contributed by atoms with Gasteiger partial charge in [-0.05, 0) is 20.0 Å². The van der Waals surface area contributed by atoms with Crippen LogP contribution in [0.2, 0.25) is 0 Å². The summed E-state index contributed by atoms with van der Waals surface area (Å²) < 4.78 is 5.27. The number of hydrazine groups is 1. The minimum absolute atomic E-state index is 0.101. The number of nitrogens with two attached hydrogens (primary N) is 1. The lowest BCUT2D eigenvalue weighted by Crippen LogP contribution is -2.29. The summed E-state index contributed by atoms with van der Waals surface area (Å²) in [6.07, 6.45) is 0. The van der Waals surface area contributed by atoms with E-state index < -0.39 is 5.91 Å². The van der Waals surface area contributed by atoms with Gasteiger partial charge in [-0.2, -0.15) is 0 Å². The molecule has 0 aliphatic rings. The number of hydrogen-bond donors (Lipinski definition) is 3. The van der Waals surface area contributed by atoms with E-state index in [0.717, 1.165) is 5.56 Å². The number of likely N-dealkylation sites (N-methyl/N-ethyl adjacent to an activating group) is 1. The molecule has 16 heavy (non-hydrogen) atoms. The van der Waals surface area contributed by atoms with E-state index in [1.807, 2.05) is 17.4 Å². The predicted molar refractivity (Wildman–Crippen MR) is 58.5 cm³/mol. The maximum atomic E-state index is 11.2. The molecule has 0 spiro atoms. The topological polar surface area (TPSA) is 91.7 Å². The van der Waals surface area contributed by atoms with Gasteiger partial charge in [0.05, 0.1) is 6.61 Å². The second-order valence-electron chi connectivity index (χ2n) is 3.63. The summed E-state index contributed by atoms with van der Waals surface area (Å²) in [5.74, 6) is 5.45. The van der Waals surface area contributed by atoms with Crippen molar-refractivity contribution in [1.29, 1.82) is 0 Å². The molecule has 0 fully saturated rings. The van der Waals surface area contributed by atoms with Crippen LogP contribution in [0.25, 0.3) is 0 Å². The number of carbonyl (C=O) groups is 1. The lowest BCUT2D eigenvalue weighted by atomic mass is 10.2. The van der Waals surface area contributed by atoms with E-state index in [1.54, 1.807) is 13.0 Å². The molecule has 90 valence electrons. The predicted octanol–water partition coefficient (Wildman–Crippen LogP) is -0.384. The van der Waals surface area contributed by atoms with Crippen molar-refractivity contribution in [2.24, 2.45) is 5.84 Å². The molecule has 1 amide bonds. The number of aliphatic hydroxyl groups excluding tert-OH is 1. The van der Waals surface area contributed by atoms with Gasteiger partial charge in [0.1, 0.15) is 5.76 Å². The van der Waals surface area contributed by atoms with Gasteiger partial charge >= 0.3 is 5.91 Å². The first kappa shape index (κ1) is 12.7. The largest absolute Gasteiger partial charge is 0.456 e. The Morgan fingerprint density at radius 2 is 2.38 bits per heavy atom. The average molecular weight is 227 g/mol. The summed E-state index contributed by atoms with van der Waals surface area (Å²) in [5.41, 5.74) is 2.93. The van der Waals surface area contributed by atoms with Gasteiger partial charge in [0.15, 0.2) is 5.76 Å². The van der Waals surface area contributed by atoms with E-state index in [1.165, 1.54) is 0 Å². The van der Waals surface area contributed by atoms with E-state index in [0.29, 0.717) is 18.8 Å². The minimum atomic E-state index is -0.445. The Morgan fingerprint density at radius 1 is 1.69 bits per heavy atom. The van der Waals surface area contributed by atoms with Crippen molar-refractivity contribution in [3.8, 4) is 0 Å². The molecule has 0 saturated carbocycles. The number of furan rings is 1. The van der Waals surface area contributed by atoms with Gasteiger partial charge in [0.2, 0.25) is 0 Å². The summed E-state index contributed by atoms with van der Waals surface area (Å²) in [4.78, 5) is 13.1. The number of amides is 1. The lowest BCUT2D eigenvalue weighted by Gasteiger charge is -2.13. The fourth-order valence-corrected chi connectivity index (χ4v) is 1.40. The highest BCUT2D eigenvalue weighted by molar-refractivity contribution is 5.91. The molecule has 1 aromatic rings. The summed E-state index contributed by atoms with van der Waals surface area (Å²) >= 11 is 0. The first-order valence-electron chi connectivity index (χ1n) is 4.98. The van der Waals surface area contributed by atoms with Gasteiger partial charge in [0.25, 0.3) is 0 Å². The summed E-state index contributed by atoms with van der Waals surface area (Å²) in [7, 11) is 1.88. The van der Waals surface area contributed by atoms with E-state index in [2.05, 4.69) is 0 Å². The number of hydrogen-bond acceptors (Lipinski definition) is 5. The molecule has 0 saturated heterocycles. The van der Waals surface area contributed by atoms with Gasteiger partial charge in [-0.1, -0.05) is 0 Å².